The van der Waals surface area contributed by atoms with Gasteiger partial charge in [-0.15, -0.1) is 5.10 Å². The fourth-order valence-electron chi connectivity index (χ4n) is 7.38. The predicted octanol–water partition coefficient (Wildman–Crippen LogP) is 4.90. The molecule has 4 atom stereocenters. The molecule has 0 radical (unpaired) electrons. The third-order valence-corrected chi connectivity index (χ3v) is 10.4. The van der Waals surface area contributed by atoms with Crippen LogP contribution in [0.2, 0.25) is 0 Å². The van der Waals surface area contributed by atoms with Gasteiger partial charge in [0.05, 0.1) is 37.9 Å². The Balaban J connectivity index is 1.10. The Bertz CT molecular complexity index is 2500. The molecule has 5 heterocycles. The van der Waals surface area contributed by atoms with Crippen LogP contribution >= 0.6 is 0 Å². The normalized spacial score (nSPS) is 17.9. The van der Waals surface area contributed by atoms with Crippen LogP contribution in [0.15, 0.2) is 150 Å². The summed E-state index contributed by atoms with van der Waals surface area (Å²) in [5.41, 5.74) is 3.19. The molecule has 1 saturated heterocycles. The molecule has 1 aliphatic heterocycles. The topological polar surface area (TPSA) is 168 Å². The van der Waals surface area contributed by atoms with Crippen molar-refractivity contribution >= 4 is 0 Å². The number of rotatable bonds is 14. The maximum Gasteiger partial charge on any atom is 0.330 e. The van der Waals surface area contributed by atoms with Crippen molar-refractivity contribution in [3.8, 4) is 22.9 Å². The van der Waals surface area contributed by atoms with Crippen molar-refractivity contribution in [2.24, 2.45) is 0 Å². The second-order valence-corrected chi connectivity index (χ2v) is 13.8. The highest BCUT2D eigenvalue weighted by Gasteiger charge is 2.49. The Morgan fingerprint density at radius 1 is 0.776 bits per heavy atom. The summed E-state index contributed by atoms with van der Waals surface area (Å²) in [6.07, 6.45) is 4.52. The first kappa shape index (κ1) is 38.1. The van der Waals surface area contributed by atoms with Gasteiger partial charge >= 0.3 is 5.69 Å². The van der Waals surface area contributed by atoms with Crippen molar-refractivity contribution in [2.45, 2.75) is 42.9 Å². The summed E-state index contributed by atoms with van der Waals surface area (Å²) in [5, 5.41) is 21.0. The number of aliphatic hydroxyl groups is 1. The molecule has 3 aromatic carbocycles. The van der Waals surface area contributed by atoms with E-state index >= 15 is 0 Å². The minimum Gasteiger partial charge on any atom is -0.497 e. The zero-order valence-corrected chi connectivity index (χ0v) is 31.8. The smallest absolute Gasteiger partial charge is 0.330 e. The number of aliphatic hydroxyl groups excluding tert-OH is 1. The maximum atomic E-state index is 13.2. The van der Waals surface area contributed by atoms with E-state index in [4.69, 9.17) is 18.9 Å². The van der Waals surface area contributed by atoms with Gasteiger partial charge < -0.3 is 24.1 Å². The summed E-state index contributed by atoms with van der Waals surface area (Å²) in [6, 6.07) is 34.9. The summed E-state index contributed by atoms with van der Waals surface area (Å²) < 4.78 is 27.3. The number of nitrogens with one attached hydrogen (secondary N) is 1. The Morgan fingerprint density at radius 2 is 1.45 bits per heavy atom. The molecule has 0 spiro atoms. The number of methoxy groups -OCH3 is 2. The number of hydrogen-bond acceptors (Lipinski definition) is 11. The summed E-state index contributed by atoms with van der Waals surface area (Å²) in [7, 11) is 3.22. The molecule has 7 aromatic rings. The van der Waals surface area contributed by atoms with E-state index in [0.717, 1.165) is 33.6 Å². The van der Waals surface area contributed by atoms with Crippen LogP contribution < -0.4 is 20.7 Å². The molecule has 14 nitrogen and oxygen atoms in total. The van der Waals surface area contributed by atoms with Gasteiger partial charge in [-0.05, 0) is 77.6 Å². The molecule has 0 amide bonds. The molecule has 0 saturated carbocycles. The molecule has 4 aromatic heterocycles. The van der Waals surface area contributed by atoms with E-state index < -0.39 is 41.3 Å². The third kappa shape index (κ3) is 7.68. The fourth-order valence-corrected chi connectivity index (χ4v) is 7.38. The molecule has 2 N–H and O–H groups in total. The lowest BCUT2D eigenvalue weighted by atomic mass is 9.80. The van der Waals surface area contributed by atoms with Gasteiger partial charge in [-0.2, -0.15) is 0 Å². The average molecular weight is 780 g/mol. The maximum absolute atomic E-state index is 13.2. The Hall–Kier alpha value is -6.74. The van der Waals surface area contributed by atoms with Gasteiger partial charge in [-0.25, -0.2) is 9.48 Å². The molecule has 8 rings (SSSR count). The highest BCUT2D eigenvalue weighted by Crippen LogP contribution is 2.44. The van der Waals surface area contributed by atoms with E-state index in [1.54, 1.807) is 26.6 Å². The predicted molar refractivity (Wildman–Crippen MR) is 213 cm³/mol. The fraction of sp³-hybridized carbons (Fsp3) is 0.227. The molecule has 1 fully saturated rings. The molecule has 1 aliphatic rings. The van der Waals surface area contributed by atoms with E-state index in [9.17, 15) is 14.7 Å². The van der Waals surface area contributed by atoms with Gasteiger partial charge in [0.1, 0.15) is 35.3 Å². The number of pyridine rings is 2. The number of H-pyrrole nitrogens is 1. The van der Waals surface area contributed by atoms with Gasteiger partial charge in [0.25, 0.3) is 5.56 Å². The minimum absolute atomic E-state index is 0.123. The number of aromatic amines is 1. The van der Waals surface area contributed by atoms with Crippen molar-refractivity contribution < 1.29 is 24.1 Å². The number of hydrogen-bond donors (Lipinski definition) is 2. The molecule has 0 aliphatic carbocycles. The van der Waals surface area contributed by atoms with Crippen LogP contribution in [0.5, 0.6) is 11.5 Å². The summed E-state index contributed by atoms with van der Waals surface area (Å²) >= 11 is 0. The number of benzene rings is 3. The van der Waals surface area contributed by atoms with E-state index in [1.807, 2.05) is 115 Å². The molecule has 0 unspecified atom stereocenters. The highest BCUT2D eigenvalue weighted by molar-refractivity contribution is 5.53. The summed E-state index contributed by atoms with van der Waals surface area (Å²) in [4.78, 5) is 36.5. The molecule has 14 heteroatoms. The zero-order chi connectivity index (χ0) is 40.1. The first-order valence-electron chi connectivity index (χ1n) is 18.8. The largest absolute Gasteiger partial charge is 0.497 e. The van der Waals surface area contributed by atoms with E-state index in [1.165, 1.54) is 21.5 Å². The number of ether oxygens (including phenoxy) is 4. The molecular weight excluding hydrogens is 739 g/mol. The van der Waals surface area contributed by atoms with Crippen LogP contribution in [0.1, 0.15) is 40.2 Å². The standard InChI is InChI=1S/C44H41N7O7/c1-55-34-18-13-31(14-19-34)44(30-8-4-3-5-9-30,32-15-20-35(56-2)21-16-32)57-28-38-41(53)40(42(58-38)50-25-23-39(52)47-43(50)54)51-27-33(48-49-51)17-11-29-12-22-37(46-26-29)36-10-6-7-24-45-36/h3-10,12-16,18-27,38,40-42,53H,11,17,28H2,1-2H3,(H,47,52,54)/t38-,40-,41-,42-/m1/s1. The lowest BCUT2D eigenvalue weighted by Gasteiger charge is -2.37. The van der Waals surface area contributed by atoms with Crippen molar-refractivity contribution in [3.05, 3.63) is 189 Å². The lowest BCUT2D eigenvalue weighted by molar-refractivity contribution is -0.0948. The van der Waals surface area contributed by atoms with Crippen molar-refractivity contribution in [1.29, 1.82) is 0 Å². The van der Waals surface area contributed by atoms with Crippen LogP contribution in [0.25, 0.3) is 11.4 Å². The minimum atomic E-state index is -1.23. The first-order valence-corrected chi connectivity index (χ1v) is 18.8. The first-order chi connectivity index (χ1) is 28.4. The van der Waals surface area contributed by atoms with E-state index in [0.29, 0.717) is 30.0 Å². The van der Waals surface area contributed by atoms with Crippen LogP contribution in [-0.2, 0) is 27.9 Å². The average Bonchev–Trinajstić information content (AvgIpc) is 3.87. The van der Waals surface area contributed by atoms with Crippen LogP contribution in [0, 0.1) is 0 Å². The zero-order valence-electron chi connectivity index (χ0n) is 31.8. The van der Waals surface area contributed by atoms with Gasteiger partial charge in [0.15, 0.2) is 6.23 Å². The Kier molecular flexibility index (Phi) is 11.0. The summed E-state index contributed by atoms with van der Waals surface area (Å²) in [5.74, 6) is 1.35. The Morgan fingerprint density at radius 3 is 2.07 bits per heavy atom. The second-order valence-electron chi connectivity index (χ2n) is 13.8. The number of aryl methyl sites for hydroxylation is 2. The summed E-state index contributed by atoms with van der Waals surface area (Å²) in [6.45, 7) is -0.123. The monoisotopic (exact) mass is 779 g/mol. The molecule has 58 heavy (non-hydrogen) atoms. The quantitative estimate of drug-likeness (QED) is 0.144. The number of aromatic nitrogens is 7. The molecule has 0 bridgehead atoms. The van der Waals surface area contributed by atoms with Crippen LogP contribution in [0.3, 0.4) is 0 Å². The van der Waals surface area contributed by atoms with Gasteiger partial charge in [0.2, 0.25) is 0 Å². The Labute approximate surface area is 333 Å². The molecule has 294 valence electrons. The van der Waals surface area contributed by atoms with Crippen molar-refractivity contribution in [1.82, 2.24) is 34.5 Å². The van der Waals surface area contributed by atoms with Crippen LogP contribution in [-0.4, -0.2) is 72.7 Å². The number of nitrogens with zero attached hydrogens (tertiary/aromatic N) is 6. The third-order valence-electron chi connectivity index (χ3n) is 10.4. The lowest BCUT2D eigenvalue weighted by Crippen LogP contribution is -2.39. The van der Waals surface area contributed by atoms with Gasteiger partial charge in [0, 0.05) is 30.9 Å². The SMILES string of the molecule is COc1ccc(C(OC[C@H]2O[C@@H](n3ccc(=O)[nH]c3=O)[C@H](n3cc(CCc4ccc(-c5ccccn5)nc4)nn3)[C@@H]2O)(c2ccccc2)c2ccc(OC)cc2)cc1. The second kappa shape index (κ2) is 16.8. The van der Waals surface area contributed by atoms with Gasteiger partial charge in [-0.1, -0.05) is 71.9 Å². The highest BCUT2D eigenvalue weighted by atomic mass is 16.6. The van der Waals surface area contributed by atoms with Gasteiger partial charge in [-0.3, -0.25) is 24.3 Å². The van der Waals surface area contributed by atoms with E-state index in [-0.39, 0.29) is 6.61 Å². The van der Waals surface area contributed by atoms with Crippen molar-refractivity contribution in [3.63, 3.8) is 0 Å². The van der Waals surface area contributed by atoms with Crippen LogP contribution in [0.4, 0.5) is 0 Å². The van der Waals surface area contributed by atoms with E-state index in [2.05, 4.69) is 25.3 Å². The van der Waals surface area contributed by atoms with Crippen molar-refractivity contribution in [2.75, 3.05) is 20.8 Å². The molecular formula is C44H41N7O7.